The van der Waals surface area contributed by atoms with Crippen molar-refractivity contribution in [3.63, 3.8) is 0 Å². The number of nitrogens with zero attached hydrogens (tertiary/aromatic N) is 1. The van der Waals surface area contributed by atoms with Gasteiger partial charge in [0.1, 0.15) is 17.2 Å². The molecule has 1 saturated carbocycles. The third kappa shape index (κ3) is 2.27. The molecule has 0 bridgehead atoms. The molecule has 0 unspecified atom stereocenters. The number of rotatable bonds is 0. The van der Waals surface area contributed by atoms with Crippen LogP contribution in [0.1, 0.15) is 33.6 Å². The van der Waals surface area contributed by atoms with E-state index in [1.807, 2.05) is 26.7 Å². The van der Waals surface area contributed by atoms with Crippen LogP contribution in [-0.2, 0) is 9.53 Å². The first kappa shape index (κ1) is 11.2. The zero-order chi connectivity index (χ0) is 11.9. The van der Waals surface area contributed by atoms with E-state index in [9.17, 15) is 9.59 Å². The lowest BCUT2D eigenvalue weighted by Crippen LogP contribution is -2.39. The minimum Gasteiger partial charge on any atom is -0.443 e. The van der Waals surface area contributed by atoms with Gasteiger partial charge in [-0.3, -0.25) is 4.90 Å². The standard InChI is InChI=1S/C12H17NO3/c1-12(2,3)16-11(15)13-6-9-4-8(9)5-10(13)7-14/h8-9H,4-6H2,1-3H3/t8-,9+/m1/s1. The average Bonchev–Trinajstić information content (AvgIpc) is 2.90. The lowest BCUT2D eigenvalue weighted by Gasteiger charge is -2.29. The van der Waals surface area contributed by atoms with E-state index in [1.165, 1.54) is 4.90 Å². The van der Waals surface area contributed by atoms with Crippen LogP contribution in [-0.4, -0.2) is 29.1 Å². The van der Waals surface area contributed by atoms with E-state index in [0.717, 1.165) is 6.42 Å². The molecule has 1 heterocycles. The molecular formula is C12H17NO3. The van der Waals surface area contributed by atoms with Gasteiger partial charge in [0.25, 0.3) is 0 Å². The zero-order valence-electron chi connectivity index (χ0n) is 9.95. The highest BCUT2D eigenvalue weighted by Gasteiger charge is 2.46. The molecule has 0 N–H and O–H groups in total. The second-order valence-electron chi connectivity index (χ2n) is 5.60. The van der Waals surface area contributed by atoms with Gasteiger partial charge in [-0.1, -0.05) is 0 Å². The molecule has 2 rings (SSSR count). The number of hydrogen-bond acceptors (Lipinski definition) is 3. The van der Waals surface area contributed by atoms with E-state index >= 15 is 0 Å². The van der Waals surface area contributed by atoms with Crippen molar-refractivity contribution in [2.45, 2.75) is 39.2 Å². The molecule has 2 aliphatic rings. The summed E-state index contributed by atoms with van der Waals surface area (Å²) in [5.74, 6) is 3.02. The van der Waals surface area contributed by atoms with Gasteiger partial charge in [0.2, 0.25) is 0 Å². The molecule has 4 nitrogen and oxygen atoms in total. The summed E-state index contributed by atoms with van der Waals surface area (Å²) in [4.78, 5) is 24.1. The molecule has 1 aliphatic heterocycles. The molecule has 1 saturated heterocycles. The van der Waals surface area contributed by atoms with Gasteiger partial charge in [-0.15, -0.1) is 0 Å². The number of ether oxygens (including phenoxy) is 1. The Labute approximate surface area is 95.2 Å². The molecular weight excluding hydrogens is 206 g/mol. The Bertz CT molecular complexity index is 363. The fraction of sp³-hybridized carbons (Fsp3) is 0.750. The van der Waals surface area contributed by atoms with E-state index in [-0.39, 0.29) is 0 Å². The van der Waals surface area contributed by atoms with Gasteiger partial charge in [-0.25, -0.2) is 9.59 Å². The molecule has 88 valence electrons. The molecule has 4 heteroatoms. The highest BCUT2D eigenvalue weighted by atomic mass is 16.6. The van der Waals surface area contributed by atoms with Crippen molar-refractivity contribution in [3.8, 4) is 0 Å². The van der Waals surface area contributed by atoms with Gasteiger partial charge in [0.15, 0.2) is 0 Å². The van der Waals surface area contributed by atoms with Crippen molar-refractivity contribution in [3.05, 3.63) is 5.70 Å². The lowest BCUT2D eigenvalue weighted by atomic mass is 10.1. The molecule has 16 heavy (non-hydrogen) atoms. The Morgan fingerprint density at radius 2 is 2.12 bits per heavy atom. The smallest absolute Gasteiger partial charge is 0.415 e. The molecule has 2 atom stereocenters. The van der Waals surface area contributed by atoms with Crippen LogP contribution in [0, 0.1) is 11.8 Å². The molecule has 1 amide bonds. The Kier molecular flexibility index (Phi) is 2.55. The quantitative estimate of drug-likeness (QED) is 0.590. The summed E-state index contributed by atoms with van der Waals surface area (Å²) < 4.78 is 5.26. The van der Waals surface area contributed by atoms with E-state index in [2.05, 4.69) is 0 Å². The summed E-state index contributed by atoms with van der Waals surface area (Å²) in [7, 11) is 0. The van der Waals surface area contributed by atoms with E-state index in [0.29, 0.717) is 30.5 Å². The van der Waals surface area contributed by atoms with Gasteiger partial charge in [-0.2, -0.15) is 0 Å². The Morgan fingerprint density at radius 1 is 1.44 bits per heavy atom. The molecule has 0 spiro atoms. The van der Waals surface area contributed by atoms with Crippen LogP contribution in [0.2, 0.25) is 0 Å². The van der Waals surface area contributed by atoms with Crippen LogP contribution < -0.4 is 0 Å². The second kappa shape index (κ2) is 3.63. The summed E-state index contributed by atoms with van der Waals surface area (Å²) in [6, 6.07) is 0. The third-order valence-corrected chi connectivity index (χ3v) is 3.00. The molecule has 0 aromatic heterocycles. The maximum absolute atomic E-state index is 11.9. The van der Waals surface area contributed by atoms with Crippen molar-refractivity contribution >= 4 is 12.0 Å². The number of carbonyl (C=O) groups is 1. The van der Waals surface area contributed by atoms with Gasteiger partial charge in [0.05, 0.1) is 0 Å². The third-order valence-electron chi connectivity index (χ3n) is 3.00. The number of carbonyl (C=O) groups excluding carboxylic acids is 2. The molecule has 0 aromatic carbocycles. The highest BCUT2D eigenvalue weighted by molar-refractivity contribution is 5.74. The number of amides is 1. The maximum Gasteiger partial charge on any atom is 0.415 e. The predicted molar refractivity (Wildman–Crippen MR) is 58.4 cm³/mol. The summed E-state index contributed by atoms with van der Waals surface area (Å²) >= 11 is 0. The van der Waals surface area contributed by atoms with Crippen LogP contribution in [0.3, 0.4) is 0 Å². The van der Waals surface area contributed by atoms with Crippen molar-refractivity contribution in [1.82, 2.24) is 4.90 Å². The van der Waals surface area contributed by atoms with Crippen LogP contribution in [0.25, 0.3) is 0 Å². The van der Waals surface area contributed by atoms with E-state index < -0.39 is 11.7 Å². The number of fused-ring (bicyclic) bond motifs is 1. The Balaban J connectivity index is 2.07. The zero-order valence-corrected chi connectivity index (χ0v) is 9.95. The first-order valence-electron chi connectivity index (χ1n) is 5.65. The average molecular weight is 223 g/mol. The fourth-order valence-corrected chi connectivity index (χ4v) is 2.09. The van der Waals surface area contributed by atoms with Crippen molar-refractivity contribution in [1.29, 1.82) is 0 Å². The van der Waals surface area contributed by atoms with Gasteiger partial charge in [-0.05, 0) is 39.0 Å². The molecule has 1 aliphatic carbocycles. The van der Waals surface area contributed by atoms with Crippen LogP contribution in [0.4, 0.5) is 4.79 Å². The molecule has 0 aromatic rings. The van der Waals surface area contributed by atoms with Crippen LogP contribution >= 0.6 is 0 Å². The summed E-state index contributed by atoms with van der Waals surface area (Å²) in [5.41, 5.74) is -0.0705. The summed E-state index contributed by atoms with van der Waals surface area (Å²) in [5, 5.41) is 0. The Hall–Kier alpha value is -1.28. The van der Waals surface area contributed by atoms with Gasteiger partial charge < -0.3 is 4.74 Å². The van der Waals surface area contributed by atoms with Gasteiger partial charge in [0, 0.05) is 13.0 Å². The van der Waals surface area contributed by atoms with Crippen LogP contribution in [0.15, 0.2) is 5.70 Å². The number of allylic oxidation sites excluding steroid dienone is 1. The SMILES string of the molecule is CC(C)(C)OC(=O)N1C[C@@H]2C[C@@H]2CC1=C=O. The van der Waals surface area contributed by atoms with E-state index in [4.69, 9.17) is 4.74 Å². The van der Waals surface area contributed by atoms with E-state index in [1.54, 1.807) is 0 Å². The van der Waals surface area contributed by atoms with Crippen molar-refractivity contribution in [2.24, 2.45) is 11.8 Å². The normalized spacial score (nSPS) is 28.2. The molecule has 0 radical (unpaired) electrons. The number of piperidine rings is 1. The Morgan fingerprint density at radius 3 is 2.69 bits per heavy atom. The number of hydrogen-bond donors (Lipinski definition) is 0. The predicted octanol–water partition coefficient (Wildman–Crippen LogP) is 1.98. The second-order valence-corrected chi connectivity index (χ2v) is 5.60. The summed E-state index contributed by atoms with van der Waals surface area (Å²) in [6.45, 7) is 6.07. The minimum atomic E-state index is -0.522. The monoisotopic (exact) mass is 223 g/mol. The minimum absolute atomic E-state index is 0.420. The lowest BCUT2D eigenvalue weighted by molar-refractivity contribution is 0.0282. The van der Waals surface area contributed by atoms with Crippen molar-refractivity contribution in [2.75, 3.05) is 6.54 Å². The number of likely N-dealkylation sites (tertiary alicyclic amines) is 1. The largest absolute Gasteiger partial charge is 0.443 e. The first-order valence-corrected chi connectivity index (χ1v) is 5.65. The maximum atomic E-state index is 11.9. The topological polar surface area (TPSA) is 46.6 Å². The highest BCUT2D eigenvalue weighted by Crippen LogP contribution is 2.47. The molecule has 2 fully saturated rings. The fourth-order valence-electron chi connectivity index (χ4n) is 2.09. The van der Waals surface area contributed by atoms with Crippen LogP contribution in [0.5, 0.6) is 0 Å². The van der Waals surface area contributed by atoms with Gasteiger partial charge >= 0.3 is 6.09 Å². The summed E-state index contributed by atoms with van der Waals surface area (Å²) in [6.07, 6.45) is 1.37. The first-order chi connectivity index (χ1) is 7.40. The van der Waals surface area contributed by atoms with Crippen molar-refractivity contribution < 1.29 is 14.3 Å².